The fraction of sp³-hybridized carbons (Fsp3) is 0.938. The van der Waals surface area contributed by atoms with E-state index in [1.165, 1.54) is 0 Å². The van der Waals surface area contributed by atoms with Crippen LogP contribution in [0.25, 0.3) is 0 Å². The average molecular weight is 332 g/mol. The molecule has 1 heterocycles. The average Bonchev–Trinajstić information content (AvgIpc) is 2.65. The molecule has 1 aliphatic heterocycles. The van der Waals surface area contributed by atoms with E-state index in [1.807, 2.05) is 48.5 Å². The second-order valence-corrected chi connectivity index (χ2v) is 7.11. The molecule has 0 bridgehead atoms. The number of carbonyl (C=O) groups is 1. The molecule has 1 rings (SSSR count). The van der Waals surface area contributed by atoms with E-state index in [4.69, 9.17) is 24.7 Å². The van der Waals surface area contributed by atoms with Gasteiger partial charge in [-0.25, -0.2) is 4.79 Å². The van der Waals surface area contributed by atoms with Gasteiger partial charge in [0, 0.05) is 13.2 Å². The first kappa shape index (κ1) is 20.2. The lowest BCUT2D eigenvalue weighted by atomic mass is 10.1. The molecule has 2 N–H and O–H groups in total. The van der Waals surface area contributed by atoms with E-state index in [2.05, 4.69) is 0 Å². The number of amides is 1. The summed E-state index contributed by atoms with van der Waals surface area (Å²) in [6.45, 7) is 14.0. The SMILES string of the molecule is CCOC(C)OCC1C(CN)OC(C)(C)N1C(=O)OC(C)(C)C. The Morgan fingerprint density at radius 2 is 1.96 bits per heavy atom. The Morgan fingerprint density at radius 1 is 1.35 bits per heavy atom. The number of rotatable bonds is 6. The van der Waals surface area contributed by atoms with Crippen molar-refractivity contribution in [3.63, 3.8) is 0 Å². The van der Waals surface area contributed by atoms with Crippen LogP contribution in [-0.4, -0.2) is 60.5 Å². The number of carbonyl (C=O) groups excluding carboxylic acids is 1. The highest BCUT2D eigenvalue weighted by Gasteiger charge is 2.50. The largest absolute Gasteiger partial charge is 0.444 e. The fourth-order valence-corrected chi connectivity index (χ4v) is 2.64. The summed E-state index contributed by atoms with van der Waals surface area (Å²) < 4.78 is 22.5. The van der Waals surface area contributed by atoms with Gasteiger partial charge in [-0.1, -0.05) is 0 Å². The lowest BCUT2D eigenvalue weighted by molar-refractivity contribution is -0.138. The summed E-state index contributed by atoms with van der Waals surface area (Å²) in [6, 6.07) is -0.326. The van der Waals surface area contributed by atoms with Crippen LogP contribution in [0, 0.1) is 0 Å². The van der Waals surface area contributed by atoms with E-state index in [-0.39, 0.29) is 25.0 Å². The Labute approximate surface area is 139 Å². The van der Waals surface area contributed by atoms with E-state index in [0.717, 1.165) is 0 Å². The zero-order chi connectivity index (χ0) is 17.8. The van der Waals surface area contributed by atoms with Crippen molar-refractivity contribution in [2.45, 2.75) is 78.2 Å². The topological polar surface area (TPSA) is 83.3 Å². The highest BCUT2D eigenvalue weighted by molar-refractivity contribution is 5.70. The summed E-state index contributed by atoms with van der Waals surface area (Å²) in [6.07, 6.45) is -1.11. The minimum Gasteiger partial charge on any atom is -0.444 e. The van der Waals surface area contributed by atoms with Crippen LogP contribution in [0.15, 0.2) is 0 Å². The van der Waals surface area contributed by atoms with Crippen LogP contribution in [0.3, 0.4) is 0 Å². The van der Waals surface area contributed by atoms with Gasteiger partial charge in [-0.05, 0) is 48.5 Å². The van der Waals surface area contributed by atoms with E-state index >= 15 is 0 Å². The monoisotopic (exact) mass is 332 g/mol. The molecule has 0 aromatic rings. The van der Waals surface area contributed by atoms with Gasteiger partial charge in [0.15, 0.2) is 6.29 Å². The second-order valence-electron chi connectivity index (χ2n) is 7.11. The Hall–Kier alpha value is -0.890. The van der Waals surface area contributed by atoms with Gasteiger partial charge in [0.25, 0.3) is 0 Å². The van der Waals surface area contributed by atoms with Crippen molar-refractivity contribution in [1.82, 2.24) is 4.90 Å². The van der Waals surface area contributed by atoms with Crippen molar-refractivity contribution in [3.8, 4) is 0 Å². The summed E-state index contributed by atoms with van der Waals surface area (Å²) in [5, 5.41) is 0. The lowest BCUT2D eigenvalue weighted by Gasteiger charge is -2.35. The Morgan fingerprint density at radius 3 is 2.43 bits per heavy atom. The first-order valence-corrected chi connectivity index (χ1v) is 8.15. The number of ether oxygens (including phenoxy) is 4. The van der Waals surface area contributed by atoms with Gasteiger partial charge < -0.3 is 24.7 Å². The standard InChI is InChI=1S/C16H32N2O5/c1-8-20-11(2)21-10-12-13(9-17)22-16(6,7)18(12)14(19)23-15(3,4)5/h11-13H,8-10,17H2,1-7H3. The molecule has 7 heteroatoms. The van der Waals surface area contributed by atoms with Gasteiger partial charge in [0.2, 0.25) is 0 Å². The highest BCUT2D eigenvalue weighted by Crippen LogP contribution is 2.33. The molecule has 7 nitrogen and oxygen atoms in total. The van der Waals surface area contributed by atoms with Crippen molar-refractivity contribution in [3.05, 3.63) is 0 Å². The van der Waals surface area contributed by atoms with Crippen molar-refractivity contribution in [2.75, 3.05) is 19.8 Å². The van der Waals surface area contributed by atoms with Crippen LogP contribution in [0.4, 0.5) is 4.79 Å². The third kappa shape index (κ3) is 5.60. The first-order chi connectivity index (χ1) is 10.5. The van der Waals surface area contributed by atoms with Crippen molar-refractivity contribution >= 4 is 6.09 Å². The van der Waals surface area contributed by atoms with Gasteiger partial charge in [-0.2, -0.15) is 0 Å². The smallest absolute Gasteiger partial charge is 0.412 e. The highest BCUT2D eigenvalue weighted by atomic mass is 16.7. The van der Waals surface area contributed by atoms with Crippen LogP contribution in [0.5, 0.6) is 0 Å². The normalized spacial score (nSPS) is 25.5. The molecule has 1 fully saturated rings. The third-order valence-electron chi connectivity index (χ3n) is 3.51. The molecule has 136 valence electrons. The minimum atomic E-state index is -0.810. The van der Waals surface area contributed by atoms with Crippen LogP contribution in [-0.2, 0) is 18.9 Å². The van der Waals surface area contributed by atoms with E-state index < -0.39 is 17.4 Å². The molecule has 0 aromatic carbocycles. The Balaban J connectivity index is 2.88. The molecule has 0 spiro atoms. The molecular formula is C16H32N2O5. The molecule has 0 aliphatic carbocycles. The Bertz CT molecular complexity index is 394. The summed E-state index contributed by atoms with van der Waals surface area (Å²) in [5.41, 5.74) is 4.41. The van der Waals surface area contributed by atoms with E-state index in [9.17, 15) is 4.79 Å². The summed E-state index contributed by atoms with van der Waals surface area (Å²) in [5.74, 6) is 0. The van der Waals surface area contributed by atoms with Gasteiger partial charge in [-0.15, -0.1) is 0 Å². The molecule has 23 heavy (non-hydrogen) atoms. The van der Waals surface area contributed by atoms with Crippen molar-refractivity contribution < 1.29 is 23.7 Å². The van der Waals surface area contributed by atoms with Crippen LogP contribution in [0.2, 0.25) is 0 Å². The number of nitrogens with zero attached hydrogens (tertiary/aromatic N) is 1. The quantitative estimate of drug-likeness (QED) is 0.750. The second kappa shape index (κ2) is 7.79. The first-order valence-electron chi connectivity index (χ1n) is 8.15. The number of nitrogens with two attached hydrogens (primary N) is 1. The van der Waals surface area contributed by atoms with Crippen LogP contribution >= 0.6 is 0 Å². The maximum atomic E-state index is 12.6. The fourth-order valence-electron chi connectivity index (χ4n) is 2.64. The van der Waals surface area contributed by atoms with Gasteiger partial charge in [0.1, 0.15) is 11.3 Å². The van der Waals surface area contributed by atoms with E-state index in [1.54, 1.807) is 4.90 Å². The van der Waals surface area contributed by atoms with Crippen LogP contribution < -0.4 is 5.73 Å². The maximum Gasteiger partial charge on any atom is 0.412 e. The minimum absolute atomic E-state index is 0.270. The molecule has 0 radical (unpaired) electrons. The molecule has 0 saturated carbocycles. The predicted molar refractivity (Wildman–Crippen MR) is 86.9 cm³/mol. The number of hydrogen-bond acceptors (Lipinski definition) is 6. The van der Waals surface area contributed by atoms with Gasteiger partial charge >= 0.3 is 6.09 Å². The van der Waals surface area contributed by atoms with E-state index in [0.29, 0.717) is 13.2 Å². The summed E-state index contributed by atoms with van der Waals surface area (Å²) in [4.78, 5) is 14.2. The maximum absolute atomic E-state index is 12.6. The molecule has 1 amide bonds. The summed E-state index contributed by atoms with van der Waals surface area (Å²) >= 11 is 0. The molecule has 0 aromatic heterocycles. The number of hydrogen-bond donors (Lipinski definition) is 1. The zero-order valence-corrected chi connectivity index (χ0v) is 15.4. The molecule has 1 aliphatic rings. The zero-order valence-electron chi connectivity index (χ0n) is 15.4. The Kier molecular flexibility index (Phi) is 6.82. The third-order valence-corrected chi connectivity index (χ3v) is 3.51. The van der Waals surface area contributed by atoms with Crippen molar-refractivity contribution in [2.24, 2.45) is 5.73 Å². The summed E-state index contributed by atoms with van der Waals surface area (Å²) in [7, 11) is 0. The van der Waals surface area contributed by atoms with Crippen molar-refractivity contribution in [1.29, 1.82) is 0 Å². The lowest BCUT2D eigenvalue weighted by Crippen LogP contribution is -2.52. The predicted octanol–water partition coefficient (Wildman–Crippen LogP) is 2.08. The van der Waals surface area contributed by atoms with Crippen LogP contribution in [0.1, 0.15) is 48.5 Å². The molecular weight excluding hydrogens is 300 g/mol. The van der Waals surface area contributed by atoms with Gasteiger partial charge in [-0.3, -0.25) is 4.90 Å². The molecule has 1 saturated heterocycles. The molecule has 3 unspecified atom stereocenters. The van der Waals surface area contributed by atoms with Gasteiger partial charge in [0.05, 0.1) is 18.8 Å². The molecule has 3 atom stereocenters.